The first-order valence-electron chi connectivity index (χ1n) is 9.63. The summed E-state index contributed by atoms with van der Waals surface area (Å²) in [5.74, 6) is -0.443. The van der Waals surface area contributed by atoms with Gasteiger partial charge in [-0.2, -0.15) is 4.68 Å². The number of alkyl halides is 3. The standard InChI is InChI=1S/C20H18F3N5O3S/c21-20(22,23)31-16-8-6-15(7-9-16)28-19(24-25-26-28)32-17(14-4-2-1-3-5-14)18(29)27-10-12-30-13-11-27/h1-9,17H,10-13H2. The molecule has 2 aromatic carbocycles. The van der Waals surface area contributed by atoms with Crippen molar-refractivity contribution in [2.24, 2.45) is 0 Å². The number of amides is 1. The molecule has 3 aromatic rings. The van der Waals surface area contributed by atoms with Crippen LogP contribution in [-0.2, 0) is 9.53 Å². The first-order valence-corrected chi connectivity index (χ1v) is 10.5. The largest absolute Gasteiger partial charge is 0.573 e. The van der Waals surface area contributed by atoms with E-state index in [2.05, 4.69) is 20.3 Å². The third kappa shape index (κ3) is 5.37. The maximum absolute atomic E-state index is 13.3. The minimum Gasteiger partial charge on any atom is -0.406 e. The van der Waals surface area contributed by atoms with E-state index in [4.69, 9.17) is 4.74 Å². The highest BCUT2D eigenvalue weighted by molar-refractivity contribution is 8.00. The fraction of sp³-hybridized carbons (Fsp3) is 0.300. The van der Waals surface area contributed by atoms with Crippen LogP contribution in [0.1, 0.15) is 10.8 Å². The Kier molecular flexibility index (Phi) is 6.61. The molecule has 0 bridgehead atoms. The second-order valence-electron chi connectivity index (χ2n) is 6.76. The summed E-state index contributed by atoms with van der Waals surface area (Å²) in [6, 6.07) is 14.4. The lowest BCUT2D eigenvalue weighted by Crippen LogP contribution is -2.42. The summed E-state index contributed by atoms with van der Waals surface area (Å²) in [6.45, 7) is 1.94. The van der Waals surface area contributed by atoms with E-state index >= 15 is 0 Å². The van der Waals surface area contributed by atoms with Gasteiger partial charge in [-0.25, -0.2) is 0 Å². The van der Waals surface area contributed by atoms with Gasteiger partial charge in [-0.15, -0.1) is 18.3 Å². The van der Waals surface area contributed by atoms with Crippen molar-refractivity contribution in [3.8, 4) is 11.4 Å². The normalized spacial score (nSPS) is 15.4. The van der Waals surface area contributed by atoms with Crippen LogP contribution in [0.3, 0.4) is 0 Å². The lowest BCUT2D eigenvalue weighted by molar-refractivity contribution is -0.274. The molecule has 1 aliphatic rings. The number of hydrogen-bond acceptors (Lipinski definition) is 7. The van der Waals surface area contributed by atoms with Gasteiger partial charge in [-0.1, -0.05) is 42.1 Å². The number of carbonyl (C=O) groups is 1. The number of ether oxygens (including phenoxy) is 2. The highest BCUT2D eigenvalue weighted by atomic mass is 32.2. The SMILES string of the molecule is O=C(C(Sc1nnnn1-c1ccc(OC(F)(F)F)cc1)c1ccccc1)N1CCOCC1. The van der Waals surface area contributed by atoms with Gasteiger partial charge >= 0.3 is 6.36 Å². The zero-order chi connectivity index (χ0) is 22.6. The molecule has 1 fully saturated rings. The molecule has 32 heavy (non-hydrogen) atoms. The number of nitrogens with zero attached hydrogens (tertiary/aromatic N) is 5. The van der Waals surface area contributed by atoms with Crippen molar-refractivity contribution >= 4 is 17.7 Å². The number of carbonyl (C=O) groups excluding carboxylic acids is 1. The van der Waals surface area contributed by atoms with Crippen LogP contribution in [0.25, 0.3) is 5.69 Å². The Morgan fingerprint density at radius 3 is 2.41 bits per heavy atom. The summed E-state index contributed by atoms with van der Waals surface area (Å²) in [6.07, 6.45) is -4.78. The molecule has 4 rings (SSSR count). The molecule has 0 N–H and O–H groups in total. The minimum atomic E-state index is -4.78. The molecule has 0 saturated carbocycles. The summed E-state index contributed by atoms with van der Waals surface area (Å²) in [5, 5.41) is 11.4. The Balaban J connectivity index is 1.59. The van der Waals surface area contributed by atoms with E-state index in [0.717, 1.165) is 5.56 Å². The molecular formula is C20H18F3N5O3S. The van der Waals surface area contributed by atoms with E-state index in [-0.39, 0.29) is 11.7 Å². The quantitative estimate of drug-likeness (QED) is 0.517. The van der Waals surface area contributed by atoms with E-state index in [9.17, 15) is 18.0 Å². The van der Waals surface area contributed by atoms with E-state index in [1.54, 1.807) is 4.90 Å². The lowest BCUT2D eigenvalue weighted by atomic mass is 10.1. The first kappa shape index (κ1) is 22.1. The number of benzene rings is 2. The molecular weight excluding hydrogens is 447 g/mol. The van der Waals surface area contributed by atoms with E-state index < -0.39 is 11.6 Å². The maximum atomic E-state index is 13.3. The summed E-state index contributed by atoms with van der Waals surface area (Å²) in [5.41, 5.74) is 1.22. The Morgan fingerprint density at radius 2 is 1.75 bits per heavy atom. The van der Waals surface area contributed by atoms with Gasteiger partial charge in [0.1, 0.15) is 11.0 Å². The average Bonchev–Trinajstić information content (AvgIpc) is 3.26. The lowest BCUT2D eigenvalue weighted by Gasteiger charge is -2.30. The highest BCUT2D eigenvalue weighted by Gasteiger charge is 2.32. The molecule has 1 saturated heterocycles. The van der Waals surface area contributed by atoms with E-state index in [1.807, 2.05) is 30.3 Å². The molecule has 1 atom stereocenters. The van der Waals surface area contributed by atoms with Gasteiger partial charge in [0.05, 0.1) is 18.9 Å². The summed E-state index contributed by atoms with van der Waals surface area (Å²) in [7, 11) is 0. The van der Waals surface area contributed by atoms with Crippen LogP contribution in [0, 0.1) is 0 Å². The Bertz CT molecular complexity index is 1040. The molecule has 0 aliphatic carbocycles. The Morgan fingerprint density at radius 1 is 1.06 bits per heavy atom. The summed E-state index contributed by atoms with van der Waals surface area (Å²) in [4.78, 5) is 15.0. The van der Waals surface area contributed by atoms with Crippen molar-refractivity contribution in [2.45, 2.75) is 16.8 Å². The number of aromatic nitrogens is 4. The molecule has 1 aromatic heterocycles. The van der Waals surface area contributed by atoms with Crippen LogP contribution >= 0.6 is 11.8 Å². The van der Waals surface area contributed by atoms with Crippen LogP contribution in [0.15, 0.2) is 59.8 Å². The maximum Gasteiger partial charge on any atom is 0.573 e. The number of thioether (sulfide) groups is 1. The Hall–Kier alpha value is -3.12. The van der Waals surface area contributed by atoms with Crippen molar-refractivity contribution in [2.75, 3.05) is 26.3 Å². The molecule has 2 heterocycles. The molecule has 0 spiro atoms. The fourth-order valence-electron chi connectivity index (χ4n) is 3.15. The van der Waals surface area contributed by atoms with Crippen molar-refractivity contribution < 1.29 is 27.4 Å². The predicted octanol–water partition coefficient (Wildman–Crippen LogP) is 3.25. The van der Waals surface area contributed by atoms with E-state index in [0.29, 0.717) is 37.1 Å². The fourth-order valence-corrected chi connectivity index (χ4v) is 4.23. The van der Waals surface area contributed by atoms with Crippen LogP contribution in [0.5, 0.6) is 5.75 Å². The Labute approximate surface area is 185 Å². The van der Waals surface area contributed by atoms with Crippen LogP contribution in [0.2, 0.25) is 0 Å². The van der Waals surface area contributed by atoms with Crippen LogP contribution in [-0.4, -0.2) is 63.7 Å². The number of halogens is 3. The van der Waals surface area contributed by atoms with Crippen LogP contribution in [0.4, 0.5) is 13.2 Å². The summed E-state index contributed by atoms with van der Waals surface area (Å²) < 4.78 is 47.8. The van der Waals surface area contributed by atoms with Crippen molar-refractivity contribution in [1.82, 2.24) is 25.1 Å². The molecule has 8 nitrogen and oxygen atoms in total. The third-order valence-corrected chi connectivity index (χ3v) is 5.80. The molecule has 1 amide bonds. The summed E-state index contributed by atoms with van der Waals surface area (Å²) >= 11 is 1.17. The monoisotopic (exact) mass is 465 g/mol. The smallest absolute Gasteiger partial charge is 0.406 e. The van der Waals surface area contributed by atoms with Crippen molar-refractivity contribution in [3.63, 3.8) is 0 Å². The number of tetrazole rings is 1. The highest BCUT2D eigenvalue weighted by Crippen LogP contribution is 2.36. The first-order chi connectivity index (χ1) is 15.4. The number of hydrogen-bond donors (Lipinski definition) is 0. The van der Waals surface area contributed by atoms with Gasteiger partial charge in [0, 0.05) is 13.1 Å². The van der Waals surface area contributed by atoms with Gasteiger partial charge in [-0.3, -0.25) is 4.79 Å². The van der Waals surface area contributed by atoms with Gasteiger partial charge in [0.15, 0.2) is 0 Å². The molecule has 168 valence electrons. The van der Waals surface area contributed by atoms with Gasteiger partial charge in [-0.05, 0) is 40.3 Å². The van der Waals surface area contributed by atoms with Gasteiger partial charge < -0.3 is 14.4 Å². The van der Waals surface area contributed by atoms with Crippen molar-refractivity contribution in [3.05, 3.63) is 60.2 Å². The number of rotatable bonds is 6. The van der Waals surface area contributed by atoms with Crippen molar-refractivity contribution in [1.29, 1.82) is 0 Å². The molecule has 1 aliphatic heterocycles. The minimum absolute atomic E-state index is 0.0898. The zero-order valence-corrected chi connectivity index (χ0v) is 17.4. The second-order valence-corrected chi connectivity index (χ2v) is 7.83. The van der Waals surface area contributed by atoms with Gasteiger partial charge in [0.25, 0.3) is 0 Å². The number of morpholine rings is 1. The third-order valence-electron chi connectivity index (χ3n) is 4.63. The zero-order valence-electron chi connectivity index (χ0n) is 16.6. The molecule has 0 radical (unpaired) electrons. The molecule has 1 unspecified atom stereocenters. The second kappa shape index (κ2) is 9.57. The topological polar surface area (TPSA) is 82.4 Å². The molecule has 12 heteroatoms. The van der Waals surface area contributed by atoms with Crippen LogP contribution < -0.4 is 4.74 Å². The predicted molar refractivity (Wildman–Crippen MR) is 108 cm³/mol. The van der Waals surface area contributed by atoms with E-state index in [1.165, 1.54) is 40.7 Å². The average molecular weight is 465 g/mol. The van der Waals surface area contributed by atoms with Gasteiger partial charge in [0.2, 0.25) is 11.1 Å².